The lowest BCUT2D eigenvalue weighted by Crippen LogP contribution is -2.21. The summed E-state index contributed by atoms with van der Waals surface area (Å²) in [5.74, 6) is 1.33. The molecule has 0 unspecified atom stereocenters. The first-order chi connectivity index (χ1) is 10.1. The summed E-state index contributed by atoms with van der Waals surface area (Å²) in [6, 6.07) is 8.66. The Bertz CT molecular complexity index is 702. The van der Waals surface area contributed by atoms with Crippen LogP contribution in [0.25, 0.3) is 10.8 Å². The molecule has 1 atom stereocenters. The van der Waals surface area contributed by atoms with Crippen LogP contribution >= 0.6 is 22.7 Å². The largest absolute Gasteiger partial charge is 0.333 e. The summed E-state index contributed by atoms with van der Waals surface area (Å²) < 4.78 is 5.32. The third-order valence-corrected chi connectivity index (χ3v) is 5.45. The molecule has 0 aromatic carbocycles. The van der Waals surface area contributed by atoms with Crippen molar-refractivity contribution in [1.82, 2.24) is 15.0 Å². The molecule has 0 saturated carbocycles. The number of thiophene rings is 2. The topological polar surface area (TPSA) is 42.2 Å². The van der Waals surface area contributed by atoms with Gasteiger partial charge in [0.05, 0.1) is 11.4 Å². The van der Waals surface area contributed by atoms with Crippen LogP contribution in [0.15, 0.2) is 34.2 Å². The van der Waals surface area contributed by atoms with Gasteiger partial charge in [0.25, 0.3) is 5.89 Å². The molecule has 21 heavy (non-hydrogen) atoms. The second-order valence-corrected chi connectivity index (χ2v) is 7.30. The maximum atomic E-state index is 5.32. The Balaban J connectivity index is 1.69. The first-order valence-corrected chi connectivity index (χ1v) is 8.46. The molecule has 0 aliphatic rings. The molecule has 0 saturated heterocycles. The molecule has 3 rings (SSSR count). The molecule has 0 spiro atoms. The van der Waals surface area contributed by atoms with E-state index >= 15 is 0 Å². The Morgan fingerprint density at radius 3 is 2.86 bits per heavy atom. The van der Waals surface area contributed by atoms with E-state index in [0.29, 0.717) is 18.5 Å². The van der Waals surface area contributed by atoms with E-state index < -0.39 is 0 Å². The van der Waals surface area contributed by atoms with Gasteiger partial charge in [0.2, 0.25) is 0 Å². The van der Waals surface area contributed by atoms with Gasteiger partial charge in [0.1, 0.15) is 0 Å². The maximum absolute atomic E-state index is 5.32. The van der Waals surface area contributed by atoms with Crippen molar-refractivity contribution in [1.29, 1.82) is 0 Å². The predicted molar refractivity (Wildman–Crippen MR) is 86.5 cm³/mol. The van der Waals surface area contributed by atoms with Crippen LogP contribution in [0.5, 0.6) is 0 Å². The van der Waals surface area contributed by atoms with Crippen LogP contribution in [0.3, 0.4) is 0 Å². The van der Waals surface area contributed by atoms with Gasteiger partial charge in [0, 0.05) is 15.8 Å². The highest BCUT2D eigenvalue weighted by Crippen LogP contribution is 2.27. The predicted octanol–water partition coefficient (Wildman–Crippen LogP) is 4.36. The minimum absolute atomic E-state index is 0.340. The molecule has 0 aliphatic carbocycles. The summed E-state index contributed by atoms with van der Waals surface area (Å²) in [7, 11) is 2.08. The molecule has 3 aromatic rings. The van der Waals surface area contributed by atoms with Crippen molar-refractivity contribution in [2.45, 2.75) is 26.4 Å². The summed E-state index contributed by atoms with van der Waals surface area (Å²) in [6.07, 6.45) is 0. The Morgan fingerprint density at radius 1 is 1.33 bits per heavy atom. The average Bonchev–Trinajstić information content (AvgIpc) is 3.17. The Kier molecular flexibility index (Phi) is 4.19. The highest BCUT2D eigenvalue weighted by Gasteiger charge is 2.17. The first kappa shape index (κ1) is 14.4. The lowest BCUT2D eigenvalue weighted by atomic mass is 10.2. The number of nitrogens with zero attached hydrogens (tertiary/aromatic N) is 3. The molecular formula is C15H17N3OS2. The van der Waals surface area contributed by atoms with Crippen LogP contribution in [0.1, 0.15) is 28.5 Å². The minimum atomic E-state index is 0.340. The average molecular weight is 319 g/mol. The third kappa shape index (κ3) is 3.23. The first-order valence-electron chi connectivity index (χ1n) is 6.76. The van der Waals surface area contributed by atoms with Crippen molar-refractivity contribution in [2.24, 2.45) is 0 Å². The smallest absolute Gasteiger partial charge is 0.268 e. The Hall–Kier alpha value is -1.50. The summed E-state index contributed by atoms with van der Waals surface area (Å²) in [5, 5.41) is 6.08. The second kappa shape index (κ2) is 6.09. The van der Waals surface area contributed by atoms with Gasteiger partial charge in [-0.15, -0.1) is 22.7 Å². The summed E-state index contributed by atoms with van der Waals surface area (Å²) in [4.78, 5) is 10.4. The van der Waals surface area contributed by atoms with Crippen molar-refractivity contribution in [3.63, 3.8) is 0 Å². The molecule has 0 radical (unpaired) electrons. The zero-order valence-corrected chi connectivity index (χ0v) is 13.9. The quantitative estimate of drug-likeness (QED) is 0.700. The van der Waals surface area contributed by atoms with E-state index in [2.05, 4.69) is 48.1 Å². The SMILES string of the molecule is Cc1ccc([C@H](C)N(C)Cc2noc(-c3cccs3)n2)s1. The van der Waals surface area contributed by atoms with E-state index in [1.165, 1.54) is 9.75 Å². The van der Waals surface area contributed by atoms with Crippen molar-refractivity contribution in [2.75, 3.05) is 7.05 Å². The van der Waals surface area contributed by atoms with Gasteiger partial charge < -0.3 is 4.52 Å². The van der Waals surface area contributed by atoms with Crippen molar-refractivity contribution in [3.05, 3.63) is 45.2 Å². The van der Waals surface area contributed by atoms with Gasteiger partial charge in [-0.25, -0.2) is 0 Å². The van der Waals surface area contributed by atoms with Crippen LogP contribution in [0.2, 0.25) is 0 Å². The lowest BCUT2D eigenvalue weighted by Gasteiger charge is -2.21. The monoisotopic (exact) mass is 319 g/mol. The fraction of sp³-hybridized carbons (Fsp3) is 0.333. The molecule has 0 bridgehead atoms. The van der Waals surface area contributed by atoms with E-state index in [0.717, 1.165) is 10.7 Å². The molecule has 3 heterocycles. The molecule has 0 fully saturated rings. The van der Waals surface area contributed by atoms with Crippen LogP contribution in [0.4, 0.5) is 0 Å². The number of aryl methyl sites for hydroxylation is 1. The lowest BCUT2D eigenvalue weighted by molar-refractivity contribution is 0.246. The fourth-order valence-corrected chi connectivity index (χ4v) is 3.71. The molecule has 0 aliphatic heterocycles. The highest BCUT2D eigenvalue weighted by atomic mass is 32.1. The van der Waals surface area contributed by atoms with Crippen LogP contribution in [-0.4, -0.2) is 22.1 Å². The Labute approximate surface area is 132 Å². The number of aromatic nitrogens is 2. The number of hydrogen-bond donors (Lipinski definition) is 0. The van der Waals surface area contributed by atoms with Gasteiger partial charge in [-0.1, -0.05) is 11.2 Å². The Morgan fingerprint density at radius 2 is 2.19 bits per heavy atom. The van der Waals surface area contributed by atoms with Gasteiger partial charge in [-0.2, -0.15) is 4.98 Å². The fourth-order valence-electron chi connectivity index (χ4n) is 2.07. The van der Waals surface area contributed by atoms with E-state index in [-0.39, 0.29) is 0 Å². The molecule has 0 amide bonds. The summed E-state index contributed by atoms with van der Waals surface area (Å²) in [6.45, 7) is 5.01. The van der Waals surface area contributed by atoms with Crippen molar-refractivity contribution >= 4 is 22.7 Å². The number of rotatable bonds is 5. The zero-order valence-electron chi connectivity index (χ0n) is 12.2. The molecule has 3 aromatic heterocycles. The normalized spacial score (nSPS) is 13.0. The zero-order chi connectivity index (χ0) is 14.8. The number of hydrogen-bond acceptors (Lipinski definition) is 6. The van der Waals surface area contributed by atoms with Crippen molar-refractivity contribution in [3.8, 4) is 10.8 Å². The van der Waals surface area contributed by atoms with Gasteiger partial charge >= 0.3 is 0 Å². The van der Waals surface area contributed by atoms with E-state index in [1.807, 2.05) is 28.8 Å². The standard InChI is InChI=1S/C15H17N3OS2/c1-10-6-7-12(21-10)11(2)18(3)9-14-16-15(19-17-14)13-5-4-8-20-13/h4-8,11H,9H2,1-3H3/t11-/m0/s1. The van der Waals surface area contributed by atoms with Gasteiger partial charge in [-0.3, -0.25) is 4.90 Å². The minimum Gasteiger partial charge on any atom is -0.333 e. The second-order valence-electron chi connectivity index (χ2n) is 5.03. The van der Waals surface area contributed by atoms with Crippen molar-refractivity contribution < 1.29 is 4.52 Å². The molecule has 4 nitrogen and oxygen atoms in total. The maximum Gasteiger partial charge on any atom is 0.268 e. The van der Waals surface area contributed by atoms with E-state index in [9.17, 15) is 0 Å². The third-order valence-electron chi connectivity index (χ3n) is 3.42. The van der Waals surface area contributed by atoms with E-state index in [4.69, 9.17) is 4.52 Å². The summed E-state index contributed by atoms with van der Waals surface area (Å²) in [5.41, 5.74) is 0. The van der Waals surface area contributed by atoms with Gasteiger partial charge in [0.15, 0.2) is 5.82 Å². The van der Waals surface area contributed by atoms with Gasteiger partial charge in [-0.05, 0) is 44.5 Å². The molecular weight excluding hydrogens is 302 g/mol. The highest BCUT2D eigenvalue weighted by molar-refractivity contribution is 7.13. The molecule has 0 N–H and O–H groups in total. The molecule has 110 valence electrons. The van der Waals surface area contributed by atoms with E-state index in [1.54, 1.807) is 11.3 Å². The van der Waals surface area contributed by atoms with Crippen LogP contribution in [-0.2, 0) is 6.54 Å². The molecule has 6 heteroatoms. The summed E-state index contributed by atoms with van der Waals surface area (Å²) >= 11 is 3.44. The van der Waals surface area contributed by atoms with Crippen LogP contribution in [0, 0.1) is 6.92 Å². The van der Waals surface area contributed by atoms with Crippen LogP contribution < -0.4 is 0 Å².